The van der Waals surface area contributed by atoms with Crippen LogP contribution in [-0.2, 0) is 9.53 Å². The molecule has 0 heterocycles. The average Bonchev–Trinajstić information content (AvgIpc) is 1.86. The van der Waals surface area contributed by atoms with Crippen LogP contribution in [0.2, 0.25) is 0 Å². The zero-order chi connectivity index (χ0) is 7.49. The van der Waals surface area contributed by atoms with Crippen molar-refractivity contribution in [2.24, 2.45) is 0 Å². The van der Waals surface area contributed by atoms with Gasteiger partial charge in [-0.05, 0) is 13.8 Å². The Morgan fingerprint density at radius 1 is 1.78 bits per heavy atom. The van der Waals surface area contributed by atoms with Crippen LogP contribution in [0.3, 0.4) is 0 Å². The smallest absolute Gasteiger partial charge is 0.153 e. The molecule has 3 nitrogen and oxygen atoms in total. The van der Waals surface area contributed by atoms with Gasteiger partial charge in [0.2, 0.25) is 0 Å². The van der Waals surface area contributed by atoms with Gasteiger partial charge in [0, 0.05) is 7.11 Å². The lowest BCUT2D eigenvalue weighted by Crippen LogP contribution is -2.39. The SMILES string of the molecule is COC(C)C(C)(O)C=O. The number of ether oxygens (including phenoxy) is 1. The van der Waals surface area contributed by atoms with E-state index >= 15 is 0 Å². The van der Waals surface area contributed by atoms with Crippen molar-refractivity contribution < 1.29 is 14.6 Å². The summed E-state index contributed by atoms with van der Waals surface area (Å²) in [6.45, 7) is 3.04. The third kappa shape index (κ3) is 2.11. The van der Waals surface area contributed by atoms with Crippen LogP contribution in [0.25, 0.3) is 0 Å². The standard InChI is InChI=1S/C6H12O3/c1-5(9-3)6(2,8)4-7/h4-5,8H,1-3H3. The first-order valence-electron chi connectivity index (χ1n) is 2.76. The average molecular weight is 132 g/mol. The Morgan fingerprint density at radius 3 is 2.33 bits per heavy atom. The fourth-order valence-electron chi connectivity index (χ4n) is 0.334. The Balaban J connectivity index is 3.95. The Bertz CT molecular complexity index is 98.5. The lowest BCUT2D eigenvalue weighted by Gasteiger charge is -2.22. The van der Waals surface area contributed by atoms with E-state index in [9.17, 15) is 4.79 Å². The number of carbonyl (C=O) groups excluding carboxylic acids is 1. The minimum Gasteiger partial charge on any atom is -0.380 e. The summed E-state index contributed by atoms with van der Waals surface area (Å²) >= 11 is 0. The summed E-state index contributed by atoms with van der Waals surface area (Å²) in [5, 5.41) is 9.10. The van der Waals surface area contributed by atoms with E-state index in [-0.39, 0.29) is 0 Å². The second-order valence-corrected chi connectivity index (χ2v) is 2.22. The molecule has 0 radical (unpaired) electrons. The zero-order valence-corrected chi connectivity index (χ0v) is 5.92. The summed E-state index contributed by atoms with van der Waals surface area (Å²) in [6, 6.07) is 0. The predicted octanol–water partition coefficient (Wildman–Crippen LogP) is -0.0288. The number of hydrogen-bond acceptors (Lipinski definition) is 3. The number of aliphatic hydroxyl groups is 1. The third-order valence-corrected chi connectivity index (χ3v) is 1.42. The van der Waals surface area contributed by atoms with E-state index in [0.29, 0.717) is 6.29 Å². The number of methoxy groups -OCH3 is 1. The Morgan fingerprint density at radius 2 is 2.22 bits per heavy atom. The Kier molecular flexibility index (Phi) is 2.81. The molecule has 0 amide bonds. The fraction of sp³-hybridized carbons (Fsp3) is 0.833. The van der Waals surface area contributed by atoms with Crippen molar-refractivity contribution >= 4 is 6.29 Å². The van der Waals surface area contributed by atoms with Gasteiger partial charge >= 0.3 is 0 Å². The largest absolute Gasteiger partial charge is 0.380 e. The molecule has 0 aromatic heterocycles. The molecule has 54 valence electrons. The van der Waals surface area contributed by atoms with Crippen LogP contribution in [0, 0.1) is 0 Å². The Labute approximate surface area is 54.6 Å². The van der Waals surface area contributed by atoms with Crippen molar-refractivity contribution in [2.75, 3.05) is 7.11 Å². The van der Waals surface area contributed by atoms with Crippen molar-refractivity contribution in [1.29, 1.82) is 0 Å². The molecule has 0 spiro atoms. The zero-order valence-electron chi connectivity index (χ0n) is 5.92. The minimum absolute atomic E-state index is 0.449. The molecule has 0 aromatic rings. The van der Waals surface area contributed by atoms with Crippen LogP contribution in [0.5, 0.6) is 0 Å². The van der Waals surface area contributed by atoms with Crippen LogP contribution in [-0.4, -0.2) is 30.2 Å². The summed E-state index contributed by atoms with van der Waals surface area (Å²) in [5.74, 6) is 0. The molecule has 2 unspecified atom stereocenters. The molecule has 3 heteroatoms. The van der Waals surface area contributed by atoms with Gasteiger partial charge in [0.15, 0.2) is 6.29 Å². The van der Waals surface area contributed by atoms with E-state index in [0.717, 1.165) is 0 Å². The monoisotopic (exact) mass is 132 g/mol. The maximum absolute atomic E-state index is 10.1. The topological polar surface area (TPSA) is 46.5 Å². The van der Waals surface area contributed by atoms with E-state index < -0.39 is 11.7 Å². The van der Waals surface area contributed by atoms with Crippen molar-refractivity contribution in [1.82, 2.24) is 0 Å². The Hall–Kier alpha value is -0.410. The van der Waals surface area contributed by atoms with Gasteiger partial charge in [0.25, 0.3) is 0 Å². The summed E-state index contributed by atoms with van der Waals surface area (Å²) in [5.41, 5.74) is -1.35. The number of rotatable bonds is 3. The molecule has 0 aliphatic heterocycles. The second kappa shape index (κ2) is 2.94. The highest BCUT2D eigenvalue weighted by molar-refractivity contribution is 5.62. The molecule has 0 aromatic carbocycles. The van der Waals surface area contributed by atoms with Crippen LogP contribution in [0.4, 0.5) is 0 Å². The number of aldehydes is 1. The van der Waals surface area contributed by atoms with E-state index in [2.05, 4.69) is 0 Å². The van der Waals surface area contributed by atoms with Gasteiger partial charge in [-0.3, -0.25) is 0 Å². The second-order valence-electron chi connectivity index (χ2n) is 2.22. The first kappa shape index (κ1) is 8.59. The molecule has 0 fully saturated rings. The molecule has 0 saturated carbocycles. The molecule has 0 saturated heterocycles. The highest BCUT2D eigenvalue weighted by atomic mass is 16.5. The normalized spacial score (nSPS) is 20.4. The van der Waals surface area contributed by atoms with Gasteiger partial charge in [-0.2, -0.15) is 0 Å². The van der Waals surface area contributed by atoms with Crippen molar-refractivity contribution in [3.05, 3.63) is 0 Å². The summed E-state index contributed by atoms with van der Waals surface area (Å²) in [6.07, 6.45) is 0.0243. The van der Waals surface area contributed by atoms with E-state index in [1.807, 2.05) is 0 Å². The maximum atomic E-state index is 10.1. The predicted molar refractivity (Wildman–Crippen MR) is 33.2 cm³/mol. The quantitative estimate of drug-likeness (QED) is 0.548. The first-order chi connectivity index (χ1) is 4.04. The molecule has 9 heavy (non-hydrogen) atoms. The van der Waals surface area contributed by atoms with Crippen LogP contribution in [0.15, 0.2) is 0 Å². The van der Waals surface area contributed by atoms with Gasteiger partial charge in [-0.15, -0.1) is 0 Å². The van der Waals surface area contributed by atoms with E-state index in [1.54, 1.807) is 6.92 Å². The third-order valence-electron chi connectivity index (χ3n) is 1.42. The van der Waals surface area contributed by atoms with Crippen molar-refractivity contribution in [2.45, 2.75) is 25.6 Å². The van der Waals surface area contributed by atoms with Gasteiger partial charge in [-0.1, -0.05) is 0 Å². The first-order valence-corrected chi connectivity index (χ1v) is 2.76. The number of carbonyl (C=O) groups is 1. The van der Waals surface area contributed by atoms with E-state index in [1.165, 1.54) is 14.0 Å². The van der Waals surface area contributed by atoms with E-state index in [4.69, 9.17) is 9.84 Å². The fourth-order valence-corrected chi connectivity index (χ4v) is 0.334. The van der Waals surface area contributed by atoms with Gasteiger partial charge in [0.1, 0.15) is 5.60 Å². The summed E-state index contributed by atoms with van der Waals surface area (Å²) < 4.78 is 4.72. The van der Waals surface area contributed by atoms with Gasteiger partial charge in [-0.25, -0.2) is 0 Å². The maximum Gasteiger partial charge on any atom is 0.153 e. The molecular weight excluding hydrogens is 120 g/mol. The van der Waals surface area contributed by atoms with Gasteiger partial charge in [0.05, 0.1) is 6.10 Å². The minimum atomic E-state index is -1.35. The molecule has 2 atom stereocenters. The lowest BCUT2D eigenvalue weighted by atomic mass is 10.0. The molecule has 0 bridgehead atoms. The summed E-state index contributed by atoms with van der Waals surface area (Å²) in [4.78, 5) is 10.1. The molecule has 0 rings (SSSR count). The van der Waals surface area contributed by atoms with Gasteiger partial charge < -0.3 is 14.6 Å². The highest BCUT2D eigenvalue weighted by Gasteiger charge is 2.27. The molecule has 1 N–H and O–H groups in total. The lowest BCUT2D eigenvalue weighted by molar-refractivity contribution is -0.135. The van der Waals surface area contributed by atoms with Crippen LogP contribution in [0.1, 0.15) is 13.8 Å². The molecule has 0 aliphatic carbocycles. The molecular formula is C6H12O3. The number of hydrogen-bond donors (Lipinski definition) is 1. The highest BCUT2D eigenvalue weighted by Crippen LogP contribution is 2.07. The van der Waals surface area contributed by atoms with Crippen LogP contribution >= 0.6 is 0 Å². The van der Waals surface area contributed by atoms with Crippen molar-refractivity contribution in [3.63, 3.8) is 0 Å². The molecule has 0 aliphatic rings. The van der Waals surface area contributed by atoms with Crippen LogP contribution < -0.4 is 0 Å². The van der Waals surface area contributed by atoms with Crippen molar-refractivity contribution in [3.8, 4) is 0 Å². The summed E-state index contributed by atoms with van der Waals surface area (Å²) in [7, 11) is 1.45.